The number of para-hydroxylation sites is 1. The minimum Gasteiger partial charge on any atom is -0.343 e. The van der Waals surface area contributed by atoms with E-state index >= 15 is 0 Å². The summed E-state index contributed by atoms with van der Waals surface area (Å²) in [5, 5.41) is 2.43. The van der Waals surface area contributed by atoms with E-state index in [1.807, 2.05) is 25.1 Å². The van der Waals surface area contributed by atoms with Gasteiger partial charge in [-0.05, 0) is 37.1 Å². The second-order valence-corrected chi connectivity index (χ2v) is 4.83. The van der Waals surface area contributed by atoms with Gasteiger partial charge in [0.15, 0.2) is 0 Å². The zero-order valence-electron chi connectivity index (χ0n) is 10.8. The van der Waals surface area contributed by atoms with Gasteiger partial charge >= 0.3 is 0 Å². The van der Waals surface area contributed by atoms with Crippen molar-refractivity contribution < 1.29 is 4.79 Å². The Hall–Kier alpha value is -2.09. The number of benzene rings is 2. The van der Waals surface area contributed by atoms with Gasteiger partial charge in [0.25, 0.3) is 0 Å². The molecule has 0 unspecified atom stereocenters. The van der Waals surface area contributed by atoms with Crippen LogP contribution in [0.25, 0.3) is 21.8 Å². The number of fused-ring (bicyclic) bond motifs is 3. The maximum absolute atomic E-state index is 11.2. The second-order valence-electron chi connectivity index (χ2n) is 4.83. The van der Waals surface area contributed by atoms with E-state index in [0.29, 0.717) is 0 Å². The molecule has 0 amide bonds. The Balaban J connectivity index is 2.68. The zero-order valence-corrected chi connectivity index (χ0v) is 10.8. The molecular weight excluding hydrogens is 222 g/mol. The maximum Gasteiger partial charge on any atom is 0.150 e. The van der Waals surface area contributed by atoms with Crippen molar-refractivity contribution in [2.24, 2.45) is 7.05 Å². The van der Waals surface area contributed by atoms with Gasteiger partial charge in [-0.2, -0.15) is 0 Å². The molecule has 0 aliphatic carbocycles. The first-order valence-electron chi connectivity index (χ1n) is 6.07. The number of carbonyl (C=O) groups excluding carboxylic acids is 1. The number of carbonyl (C=O) groups is 1. The largest absolute Gasteiger partial charge is 0.343 e. The van der Waals surface area contributed by atoms with Crippen LogP contribution in [0.3, 0.4) is 0 Å². The first kappa shape index (κ1) is 11.0. The molecule has 0 spiro atoms. The van der Waals surface area contributed by atoms with Crippen LogP contribution >= 0.6 is 0 Å². The van der Waals surface area contributed by atoms with E-state index in [2.05, 4.69) is 30.7 Å². The van der Waals surface area contributed by atoms with Gasteiger partial charge < -0.3 is 4.57 Å². The van der Waals surface area contributed by atoms with Gasteiger partial charge in [0.05, 0.1) is 5.52 Å². The topological polar surface area (TPSA) is 22.0 Å². The molecule has 3 rings (SSSR count). The standard InChI is InChI=1S/C16H15NO/c1-10-8-12(9-18)11(2)15-13-6-4-5-7-14(13)17(3)16(10)15/h4-9H,1-3H3. The van der Waals surface area contributed by atoms with Crippen molar-refractivity contribution in [1.82, 2.24) is 4.57 Å². The molecule has 0 aliphatic heterocycles. The van der Waals surface area contributed by atoms with Crippen molar-refractivity contribution in [3.63, 3.8) is 0 Å². The minimum absolute atomic E-state index is 0.788. The van der Waals surface area contributed by atoms with E-state index in [1.54, 1.807) is 0 Å². The van der Waals surface area contributed by atoms with Crippen molar-refractivity contribution in [1.29, 1.82) is 0 Å². The van der Waals surface area contributed by atoms with Gasteiger partial charge in [0, 0.05) is 28.9 Å². The van der Waals surface area contributed by atoms with Crippen LogP contribution in [0.4, 0.5) is 0 Å². The Morgan fingerprint density at radius 2 is 1.89 bits per heavy atom. The zero-order chi connectivity index (χ0) is 12.9. The van der Waals surface area contributed by atoms with Gasteiger partial charge in [0.2, 0.25) is 0 Å². The molecule has 0 N–H and O–H groups in total. The molecule has 0 aliphatic rings. The molecule has 0 fully saturated rings. The lowest BCUT2D eigenvalue weighted by molar-refractivity contribution is 0.112. The first-order valence-corrected chi connectivity index (χ1v) is 6.07. The molecular formula is C16H15NO. The molecule has 2 aromatic carbocycles. The van der Waals surface area contributed by atoms with Crippen molar-refractivity contribution in [3.8, 4) is 0 Å². The molecule has 0 saturated heterocycles. The quantitative estimate of drug-likeness (QED) is 0.591. The number of hydrogen-bond acceptors (Lipinski definition) is 1. The third-order valence-electron chi connectivity index (χ3n) is 3.79. The molecule has 2 nitrogen and oxygen atoms in total. The highest BCUT2D eigenvalue weighted by atomic mass is 16.1. The van der Waals surface area contributed by atoms with Crippen LogP contribution in [0.15, 0.2) is 30.3 Å². The lowest BCUT2D eigenvalue weighted by Gasteiger charge is -2.06. The van der Waals surface area contributed by atoms with E-state index < -0.39 is 0 Å². The fourth-order valence-electron chi connectivity index (χ4n) is 2.91. The predicted molar refractivity (Wildman–Crippen MR) is 75.3 cm³/mol. The van der Waals surface area contributed by atoms with Gasteiger partial charge in [0.1, 0.15) is 6.29 Å². The second kappa shape index (κ2) is 3.70. The lowest BCUT2D eigenvalue weighted by atomic mass is 9.99. The van der Waals surface area contributed by atoms with Crippen LogP contribution in [-0.4, -0.2) is 10.9 Å². The Bertz CT molecular complexity index is 781. The van der Waals surface area contributed by atoms with Crippen molar-refractivity contribution in [2.75, 3.05) is 0 Å². The number of rotatable bonds is 1. The fraction of sp³-hybridized carbons (Fsp3) is 0.188. The molecule has 0 bridgehead atoms. The molecule has 90 valence electrons. The number of aryl methyl sites for hydroxylation is 3. The number of aldehydes is 1. The lowest BCUT2D eigenvalue weighted by Crippen LogP contribution is -1.93. The summed E-state index contributed by atoms with van der Waals surface area (Å²) in [4.78, 5) is 11.2. The molecule has 18 heavy (non-hydrogen) atoms. The van der Waals surface area contributed by atoms with E-state index in [1.165, 1.54) is 21.8 Å². The van der Waals surface area contributed by atoms with E-state index in [4.69, 9.17) is 0 Å². The molecule has 0 saturated carbocycles. The van der Waals surface area contributed by atoms with Crippen LogP contribution in [0.2, 0.25) is 0 Å². The molecule has 1 heterocycles. The van der Waals surface area contributed by atoms with Crippen molar-refractivity contribution >= 4 is 28.1 Å². The van der Waals surface area contributed by atoms with Crippen molar-refractivity contribution in [2.45, 2.75) is 13.8 Å². The maximum atomic E-state index is 11.2. The van der Waals surface area contributed by atoms with Crippen LogP contribution in [-0.2, 0) is 7.05 Å². The molecule has 0 atom stereocenters. The minimum atomic E-state index is 0.788. The summed E-state index contributed by atoms with van der Waals surface area (Å²) < 4.78 is 2.21. The van der Waals surface area contributed by atoms with Crippen LogP contribution in [0.5, 0.6) is 0 Å². The Morgan fingerprint density at radius 1 is 1.17 bits per heavy atom. The van der Waals surface area contributed by atoms with Crippen LogP contribution in [0, 0.1) is 13.8 Å². The van der Waals surface area contributed by atoms with Crippen LogP contribution in [0.1, 0.15) is 21.5 Å². The summed E-state index contributed by atoms with van der Waals surface area (Å²) in [7, 11) is 2.08. The third-order valence-corrected chi connectivity index (χ3v) is 3.79. The van der Waals surface area contributed by atoms with Gasteiger partial charge in [-0.3, -0.25) is 4.79 Å². The molecule has 0 radical (unpaired) electrons. The Labute approximate surface area is 106 Å². The number of aromatic nitrogens is 1. The van der Waals surface area contributed by atoms with E-state index in [-0.39, 0.29) is 0 Å². The highest BCUT2D eigenvalue weighted by Gasteiger charge is 2.14. The average Bonchev–Trinajstić information content (AvgIpc) is 2.69. The third kappa shape index (κ3) is 1.26. The summed E-state index contributed by atoms with van der Waals surface area (Å²) in [6, 6.07) is 10.3. The number of hydrogen-bond donors (Lipinski definition) is 0. The molecule has 3 aromatic rings. The van der Waals surface area contributed by atoms with Crippen LogP contribution < -0.4 is 0 Å². The SMILES string of the molecule is Cc1c(C=O)cc(C)c2c1c1ccccc1n2C. The molecule has 1 aromatic heterocycles. The van der Waals surface area contributed by atoms with E-state index in [9.17, 15) is 4.79 Å². The summed E-state index contributed by atoms with van der Waals surface area (Å²) in [6.45, 7) is 4.09. The average molecular weight is 237 g/mol. The smallest absolute Gasteiger partial charge is 0.150 e. The van der Waals surface area contributed by atoms with Crippen molar-refractivity contribution in [3.05, 3.63) is 47.0 Å². The highest BCUT2D eigenvalue weighted by Crippen LogP contribution is 2.33. The summed E-state index contributed by atoms with van der Waals surface area (Å²) in [6.07, 6.45) is 0.948. The van der Waals surface area contributed by atoms with Gasteiger partial charge in [-0.25, -0.2) is 0 Å². The number of nitrogens with zero attached hydrogens (tertiary/aromatic N) is 1. The predicted octanol–water partition coefficient (Wildman–Crippen LogP) is 3.76. The molecule has 2 heteroatoms. The first-order chi connectivity index (χ1) is 8.65. The van der Waals surface area contributed by atoms with Gasteiger partial charge in [-0.1, -0.05) is 18.2 Å². The summed E-state index contributed by atoms with van der Waals surface area (Å²) >= 11 is 0. The Morgan fingerprint density at radius 3 is 2.61 bits per heavy atom. The normalized spacial score (nSPS) is 11.3. The fourth-order valence-corrected chi connectivity index (χ4v) is 2.91. The highest BCUT2D eigenvalue weighted by molar-refractivity contribution is 6.12. The Kier molecular flexibility index (Phi) is 2.27. The van der Waals surface area contributed by atoms with E-state index in [0.717, 1.165) is 23.0 Å². The monoisotopic (exact) mass is 237 g/mol. The van der Waals surface area contributed by atoms with Gasteiger partial charge in [-0.15, -0.1) is 0 Å². The summed E-state index contributed by atoms with van der Waals surface area (Å²) in [5.41, 5.74) is 5.44. The summed E-state index contributed by atoms with van der Waals surface area (Å²) in [5.74, 6) is 0.